The largest absolute Gasteiger partial charge is 0.496 e. The van der Waals surface area contributed by atoms with Crippen LogP contribution in [0.5, 0.6) is 5.75 Å². The molecule has 3 aromatic rings. The lowest BCUT2D eigenvalue weighted by Crippen LogP contribution is -2.50. The van der Waals surface area contributed by atoms with Crippen molar-refractivity contribution in [1.29, 1.82) is 0 Å². The Morgan fingerprint density at radius 1 is 1.21 bits per heavy atom. The average molecular weight is 448 g/mol. The van der Waals surface area contributed by atoms with Crippen LogP contribution in [0.4, 0.5) is 16.0 Å². The van der Waals surface area contributed by atoms with E-state index < -0.39 is 5.82 Å². The maximum atomic E-state index is 14.8. The first-order valence-electron chi connectivity index (χ1n) is 11.1. The molecule has 4 heterocycles. The number of hydrogen-bond acceptors (Lipinski definition) is 6. The number of piperazine rings is 1. The number of hydrogen-bond donors (Lipinski definition) is 1. The fourth-order valence-corrected chi connectivity index (χ4v) is 4.63. The van der Waals surface area contributed by atoms with E-state index in [0.29, 0.717) is 34.4 Å². The fraction of sp³-hybridized carbons (Fsp3) is 0.320. The Hall–Kier alpha value is -3.52. The van der Waals surface area contributed by atoms with Crippen LogP contribution >= 0.6 is 0 Å². The summed E-state index contributed by atoms with van der Waals surface area (Å²) in [5.74, 6) is 1.22. The summed E-state index contributed by atoms with van der Waals surface area (Å²) in [7, 11) is 1.49. The summed E-state index contributed by atoms with van der Waals surface area (Å²) >= 11 is 0. The van der Waals surface area contributed by atoms with Crippen molar-refractivity contribution in [2.75, 3.05) is 36.5 Å². The minimum Gasteiger partial charge on any atom is -0.496 e. The molecule has 170 valence electrons. The van der Waals surface area contributed by atoms with Gasteiger partial charge in [0.25, 0.3) is 5.91 Å². The van der Waals surface area contributed by atoms with Crippen LogP contribution in [0.3, 0.4) is 0 Å². The number of fused-ring (bicyclic) bond motifs is 1. The molecule has 1 saturated heterocycles. The molecule has 8 heteroatoms. The van der Waals surface area contributed by atoms with E-state index in [2.05, 4.69) is 28.2 Å². The minimum atomic E-state index is -0.440. The summed E-state index contributed by atoms with van der Waals surface area (Å²) in [6, 6.07) is 10.6. The number of nitrogens with zero attached hydrogens (tertiary/aromatic N) is 4. The van der Waals surface area contributed by atoms with Gasteiger partial charge in [0.1, 0.15) is 23.2 Å². The number of carbonyl (C=O) groups is 1. The third-order valence-electron chi connectivity index (χ3n) is 6.29. The first kappa shape index (κ1) is 21.3. The Morgan fingerprint density at radius 3 is 2.82 bits per heavy atom. The lowest BCUT2D eigenvalue weighted by Gasteiger charge is -2.35. The summed E-state index contributed by atoms with van der Waals surface area (Å²) in [6.45, 7) is 7.06. The molecule has 1 fully saturated rings. The van der Waals surface area contributed by atoms with Gasteiger partial charge >= 0.3 is 0 Å². The van der Waals surface area contributed by atoms with Gasteiger partial charge in [0.15, 0.2) is 0 Å². The van der Waals surface area contributed by atoms with E-state index in [1.807, 2.05) is 13.0 Å². The second kappa shape index (κ2) is 8.44. The van der Waals surface area contributed by atoms with E-state index in [1.54, 1.807) is 29.3 Å². The van der Waals surface area contributed by atoms with Crippen LogP contribution in [0, 0.1) is 12.7 Å². The molecule has 1 amide bonds. The molecule has 2 aliphatic heterocycles. The van der Waals surface area contributed by atoms with E-state index >= 15 is 0 Å². The van der Waals surface area contributed by atoms with Gasteiger partial charge in [0.2, 0.25) is 0 Å². The second-order valence-electron chi connectivity index (χ2n) is 8.50. The van der Waals surface area contributed by atoms with Crippen molar-refractivity contribution in [3.05, 3.63) is 65.1 Å². The number of aryl methyl sites for hydroxylation is 1. The van der Waals surface area contributed by atoms with Gasteiger partial charge in [-0.05, 0) is 49.7 Å². The third kappa shape index (κ3) is 3.70. The van der Waals surface area contributed by atoms with Crippen molar-refractivity contribution in [3.63, 3.8) is 0 Å². The monoisotopic (exact) mass is 447 g/mol. The summed E-state index contributed by atoms with van der Waals surface area (Å²) in [5.41, 5.74) is 2.89. The van der Waals surface area contributed by atoms with E-state index in [0.717, 1.165) is 31.0 Å². The molecule has 1 N–H and O–H groups in total. The average Bonchev–Trinajstić information content (AvgIpc) is 3.15. The molecule has 2 aromatic heterocycles. The highest BCUT2D eigenvalue weighted by molar-refractivity contribution is 6.10. The first-order chi connectivity index (χ1) is 16.0. The van der Waals surface area contributed by atoms with Crippen LogP contribution in [0.15, 0.2) is 42.6 Å². The molecular formula is C25H26FN5O2. The summed E-state index contributed by atoms with van der Waals surface area (Å²) in [5, 5.41) is 3.39. The van der Waals surface area contributed by atoms with Gasteiger partial charge in [-0.2, -0.15) is 0 Å². The van der Waals surface area contributed by atoms with Crippen LogP contribution in [0.2, 0.25) is 0 Å². The molecule has 1 atom stereocenters. The van der Waals surface area contributed by atoms with Crippen molar-refractivity contribution in [2.45, 2.75) is 26.4 Å². The van der Waals surface area contributed by atoms with Gasteiger partial charge in [0.05, 0.1) is 24.9 Å². The maximum Gasteiger partial charge on any atom is 0.260 e. The summed E-state index contributed by atoms with van der Waals surface area (Å²) < 4.78 is 20.2. The quantitative estimate of drug-likeness (QED) is 0.660. The van der Waals surface area contributed by atoms with Gasteiger partial charge in [-0.15, -0.1) is 0 Å². The molecule has 0 bridgehead atoms. The zero-order valence-corrected chi connectivity index (χ0v) is 18.9. The van der Waals surface area contributed by atoms with Crippen molar-refractivity contribution in [3.8, 4) is 17.0 Å². The maximum absolute atomic E-state index is 14.8. The highest BCUT2D eigenvalue weighted by Crippen LogP contribution is 2.38. The van der Waals surface area contributed by atoms with E-state index in [4.69, 9.17) is 9.72 Å². The molecular weight excluding hydrogens is 421 g/mol. The number of benzene rings is 1. The molecule has 0 radical (unpaired) electrons. The Morgan fingerprint density at radius 2 is 2.03 bits per heavy atom. The van der Waals surface area contributed by atoms with Crippen molar-refractivity contribution >= 4 is 17.5 Å². The topological polar surface area (TPSA) is 70.6 Å². The smallest absolute Gasteiger partial charge is 0.260 e. The number of methoxy groups -OCH3 is 1. The molecule has 0 unspecified atom stereocenters. The van der Waals surface area contributed by atoms with Crippen LogP contribution in [-0.4, -0.2) is 48.7 Å². The SMILES string of the molecule is COc1cccc(F)c1-c1nccc2c1CN(c1cc(C)cc(N3CCNC[C@H]3C)n1)C2=O. The summed E-state index contributed by atoms with van der Waals surface area (Å²) in [6.07, 6.45) is 1.54. The number of nitrogens with one attached hydrogen (secondary N) is 1. The van der Waals surface area contributed by atoms with Gasteiger partial charge in [0, 0.05) is 43.0 Å². The van der Waals surface area contributed by atoms with Crippen LogP contribution in [-0.2, 0) is 6.54 Å². The van der Waals surface area contributed by atoms with Crippen molar-refractivity contribution in [2.24, 2.45) is 0 Å². The van der Waals surface area contributed by atoms with Gasteiger partial charge in [-0.3, -0.25) is 14.7 Å². The zero-order chi connectivity index (χ0) is 23.1. The zero-order valence-electron chi connectivity index (χ0n) is 18.9. The van der Waals surface area contributed by atoms with Crippen LogP contribution in [0.1, 0.15) is 28.4 Å². The second-order valence-corrected chi connectivity index (χ2v) is 8.50. The number of anilines is 2. The number of carbonyl (C=O) groups excluding carboxylic acids is 1. The third-order valence-corrected chi connectivity index (χ3v) is 6.29. The van der Waals surface area contributed by atoms with Crippen LogP contribution < -0.4 is 19.9 Å². The van der Waals surface area contributed by atoms with Crippen LogP contribution in [0.25, 0.3) is 11.3 Å². The predicted octanol–water partition coefficient (Wildman–Crippen LogP) is 3.56. The van der Waals surface area contributed by atoms with E-state index in [9.17, 15) is 9.18 Å². The van der Waals surface area contributed by atoms with E-state index in [1.165, 1.54) is 13.2 Å². The lowest BCUT2D eigenvalue weighted by molar-refractivity contribution is 0.0996. The van der Waals surface area contributed by atoms with Gasteiger partial charge in [-0.1, -0.05) is 6.07 Å². The Balaban J connectivity index is 1.55. The number of ether oxygens (including phenoxy) is 1. The molecule has 33 heavy (non-hydrogen) atoms. The molecule has 2 aliphatic rings. The molecule has 5 rings (SSSR count). The highest BCUT2D eigenvalue weighted by atomic mass is 19.1. The first-order valence-corrected chi connectivity index (χ1v) is 11.1. The molecule has 0 aliphatic carbocycles. The minimum absolute atomic E-state index is 0.165. The van der Waals surface area contributed by atoms with Crippen molar-refractivity contribution < 1.29 is 13.9 Å². The molecule has 7 nitrogen and oxygen atoms in total. The lowest BCUT2D eigenvalue weighted by atomic mass is 10.0. The molecule has 0 spiro atoms. The highest BCUT2D eigenvalue weighted by Gasteiger charge is 2.34. The van der Waals surface area contributed by atoms with Gasteiger partial charge in [-0.25, -0.2) is 9.37 Å². The van der Waals surface area contributed by atoms with Gasteiger partial charge < -0.3 is 15.0 Å². The van der Waals surface area contributed by atoms with E-state index in [-0.39, 0.29) is 18.0 Å². The van der Waals surface area contributed by atoms with Crippen molar-refractivity contribution in [1.82, 2.24) is 15.3 Å². The Bertz CT molecular complexity index is 1230. The number of pyridine rings is 2. The summed E-state index contributed by atoms with van der Waals surface area (Å²) in [4.78, 5) is 26.6. The fourth-order valence-electron chi connectivity index (χ4n) is 4.63. The predicted molar refractivity (Wildman–Crippen MR) is 125 cm³/mol. The Labute approximate surface area is 192 Å². The number of rotatable bonds is 4. The molecule has 1 aromatic carbocycles. The number of amides is 1. The molecule has 0 saturated carbocycles. The standard InChI is InChI=1S/C25H26FN5O2/c1-15-11-21(30-10-9-27-13-16(30)2)29-22(12-15)31-14-18-17(25(31)32)7-8-28-24(18)23-19(26)5-4-6-20(23)33-3/h4-8,11-12,16,27H,9-10,13-14H2,1-3H3/t16-/m1/s1. The number of aromatic nitrogens is 2. The normalized spacial score (nSPS) is 17.9. The number of halogens is 1. The Kier molecular flexibility index (Phi) is 5.46.